The van der Waals surface area contributed by atoms with Crippen molar-refractivity contribution < 1.29 is 13.2 Å². The molecule has 0 amide bonds. The van der Waals surface area contributed by atoms with Crippen LogP contribution in [0.3, 0.4) is 0 Å². The highest BCUT2D eigenvalue weighted by Gasteiger charge is 2.34. The largest absolute Gasteiger partial charge is 0.432 e. The number of nitrogens with zero attached hydrogens (tertiary/aromatic N) is 3. The molecule has 2 aromatic rings. The first kappa shape index (κ1) is 15.0. The highest BCUT2D eigenvalue weighted by Crippen LogP contribution is 2.31. The lowest BCUT2D eigenvalue weighted by Crippen LogP contribution is -2.32. The standard InChI is InChI=1S/C15H17F3N4/c16-15(17,18)13-9-20-14(21-13)12-3-6-22(7-4-12)10-11-2-1-5-19-8-11/h1-2,5,8-9,12H,3-4,6-7,10H2,(H,20,21). The normalized spacial score (nSPS) is 17.8. The molecule has 1 aliphatic heterocycles. The number of nitrogens with one attached hydrogen (secondary N) is 1. The van der Waals surface area contributed by atoms with E-state index in [4.69, 9.17) is 0 Å². The number of hydrogen-bond acceptors (Lipinski definition) is 3. The maximum Gasteiger partial charge on any atom is 0.432 e. The first-order chi connectivity index (χ1) is 10.5. The van der Waals surface area contributed by atoms with Gasteiger partial charge in [-0.2, -0.15) is 13.2 Å². The van der Waals surface area contributed by atoms with Crippen LogP contribution in [0.5, 0.6) is 0 Å². The second kappa shape index (κ2) is 6.08. The average molecular weight is 310 g/mol. The molecule has 118 valence electrons. The van der Waals surface area contributed by atoms with Gasteiger partial charge in [-0.05, 0) is 37.6 Å². The summed E-state index contributed by atoms with van der Waals surface area (Å²) >= 11 is 0. The van der Waals surface area contributed by atoms with Gasteiger partial charge in [0.05, 0.1) is 6.20 Å². The second-order valence-electron chi connectivity index (χ2n) is 5.59. The molecule has 4 nitrogen and oxygen atoms in total. The Hall–Kier alpha value is -1.89. The molecule has 3 rings (SSSR count). The number of halogens is 3. The fraction of sp³-hybridized carbons (Fsp3) is 0.467. The Kier molecular flexibility index (Phi) is 4.15. The lowest BCUT2D eigenvalue weighted by Gasteiger charge is -2.31. The Labute approximate surface area is 126 Å². The molecule has 1 N–H and O–H groups in total. The van der Waals surface area contributed by atoms with Crippen molar-refractivity contribution in [1.29, 1.82) is 0 Å². The summed E-state index contributed by atoms with van der Waals surface area (Å²) in [4.78, 5) is 12.7. The minimum absolute atomic E-state index is 0.0706. The van der Waals surface area contributed by atoms with Crippen LogP contribution in [-0.2, 0) is 12.7 Å². The second-order valence-corrected chi connectivity index (χ2v) is 5.59. The summed E-state index contributed by atoms with van der Waals surface area (Å²) in [6.45, 7) is 2.52. The highest BCUT2D eigenvalue weighted by atomic mass is 19.4. The summed E-state index contributed by atoms with van der Waals surface area (Å²) in [5.74, 6) is 0.523. The SMILES string of the molecule is FC(F)(F)c1cnc(C2CCN(Cc3cccnc3)CC2)[nH]1. The molecule has 22 heavy (non-hydrogen) atoms. The monoisotopic (exact) mass is 310 g/mol. The third kappa shape index (κ3) is 3.47. The summed E-state index contributed by atoms with van der Waals surface area (Å²) in [5, 5.41) is 0. The number of rotatable bonds is 3. The molecule has 0 atom stereocenters. The maximum absolute atomic E-state index is 12.6. The van der Waals surface area contributed by atoms with E-state index in [1.54, 1.807) is 6.20 Å². The van der Waals surface area contributed by atoms with E-state index in [-0.39, 0.29) is 5.92 Å². The van der Waals surface area contributed by atoms with Crippen LogP contribution in [0, 0.1) is 0 Å². The third-order valence-electron chi connectivity index (χ3n) is 4.00. The van der Waals surface area contributed by atoms with Gasteiger partial charge in [0.15, 0.2) is 0 Å². The maximum atomic E-state index is 12.6. The van der Waals surface area contributed by atoms with Crippen LogP contribution in [0.15, 0.2) is 30.7 Å². The molecule has 1 saturated heterocycles. The zero-order chi connectivity index (χ0) is 15.6. The molecule has 1 fully saturated rings. The molecule has 0 saturated carbocycles. The number of hydrogen-bond donors (Lipinski definition) is 1. The molecular weight excluding hydrogens is 293 g/mol. The van der Waals surface area contributed by atoms with E-state index in [2.05, 4.69) is 19.9 Å². The van der Waals surface area contributed by atoms with Gasteiger partial charge in [-0.15, -0.1) is 0 Å². The predicted molar refractivity (Wildman–Crippen MR) is 75.1 cm³/mol. The van der Waals surface area contributed by atoms with Gasteiger partial charge in [0.2, 0.25) is 0 Å². The number of piperidine rings is 1. The Morgan fingerprint density at radius 2 is 2.00 bits per heavy atom. The summed E-state index contributed by atoms with van der Waals surface area (Å²) in [6.07, 6.45) is 1.73. The van der Waals surface area contributed by atoms with Crippen molar-refractivity contribution in [1.82, 2.24) is 19.9 Å². The van der Waals surface area contributed by atoms with Gasteiger partial charge in [0.25, 0.3) is 0 Å². The van der Waals surface area contributed by atoms with Gasteiger partial charge in [0.1, 0.15) is 11.5 Å². The topological polar surface area (TPSA) is 44.8 Å². The van der Waals surface area contributed by atoms with Crippen molar-refractivity contribution in [2.24, 2.45) is 0 Å². The molecule has 3 heterocycles. The lowest BCUT2D eigenvalue weighted by molar-refractivity contribution is -0.141. The number of imidazole rings is 1. The van der Waals surface area contributed by atoms with Crippen molar-refractivity contribution in [3.05, 3.63) is 47.8 Å². The number of H-pyrrole nitrogens is 1. The van der Waals surface area contributed by atoms with E-state index in [0.29, 0.717) is 5.82 Å². The van der Waals surface area contributed by atoms with Gasteiger partial charge in [-0.1, -0.05) is 6.07 Å². The molecule has 7 heteroatoms. The Bertz CT molecular complexity index is 601. The molecule has 0 unspecified atom stereocenters. The van der Waals surface area contributed by atoms with Crippen LogP contribution < -0.4 is 0 Å². The predicted octanol–water partition coefficient (Wildman–Crippen LogP) is 3.20. The molecular formula is C15H17F3N4. The van der Waals surface area contributed by atoms with Crippen molar-refractivity contribution in [2.45, 2.75) is 31.5 Å². The Morgan fingerprint density at radius 3 is 2.59 bits per heavy atom. The number of aromatic nitrogens is 3. The smallest absolute Gasteiger partial charge is 0.338 e. The van der Waals surface area contributed by atoms with Crippen LogP contribution in [0.2, 0.25) is 0 Å². The molecule has 0 radical (unpaired) electrons. The van der Waals surface area contributed by atoms with Gasteiger partial charge in [-0.3, -0.25) is 9.88 Å². The molecule has 0 bridgehead atoms. The fourth-order valence-electron chi connectivity index (χ4n) is 2.80. The number of alkyl halides is 3. The van der Waals surface area contributed by atoms with Crippen LogP contribution in [0.4, 0.5) is 13.2 Å². The first-order valence-electron chi connectivity index (χ1n) is 7.26. The molecule has 0 aromatic carbocycles. The molecule has 0 aliphatic carbocycles. The third-order valence-corrected chi connectivity index (χ3v) is 4.00. The van der Waals surface area contributed by atoms with E-state index < -0.39 is 11.9 Å². The number of aromatic amines is 1. The van der Waals surface area contributed by atoms with Crippen LogP contribution in [0.1, 0.15) is 35.8 Å². The van der Waals surface area contributed by atoms with Crippen LogP contribution >= 0.6 is 0 Å². The lowest BCUT2D eigenvalue weighted by atomic mass is 9.96. The quantitative estimate of drug-likeness (QED) is 0.947. The zero-order valence-corrected chi connectivity index (χ0v) is 12.0. The van der Waals surface area contributed by atoms with E-state index in [1.807, 2.05) is 18.3 Å². The summed E-state index contributed by atoms with van der Waals surface area (Å²) < 4.78 is 37.8. The summed E-state index contributed by atoms with van der Waals surface area (Å²) in [6, 6.07) is 3.94. The number of pyridine rings is 1. The number of likely N-dealkylation sites (tertiary alicyclic amines) is 1. The molecule has 0 spiro atoms. The van der Waals surface area contributed by atoms with E-state index in [1.165, 1.54) is 0 Å². The fourth-order valence-corrected chi connectivity index (χ4v) is 2.80. The van der Waals surface area contributed by atoms with Crippen molar-refractivity contribution in [3.8, 4) is 0 Å². The zero-order valence-electron chi connectivity index (χ0n) is 12.0. The molecule has 1 aliphatic rings. The first-order valence-corrected chi connectivity index (χ1v) is 7.26. The Morgan fingerprint density at radius 1 is 1.23 bits per heavy atom. The van der Waals surface area contributed by atoms with Crippen LogP contribution in [-0.4, -0.2) is 32.9 Å². The van der Waals surface area contributed by atoms with E-state index in [9.17, 15) is 13.2 Å². The minimum Gasteiger partial charge on any atom is -0.338 e. The average Bonchev–Trinajstić information content (AvgIpc) is 2.99. The van der Waals surface area contributed by atoms with Gasteiger partial charge in [0, 0.05) is 24.9 Å². The van der Waals surface area contributed by atoms with Crippen LogP contribution in [0.25, 0.3) is 0 Å². The van der Waals surface area contributed by atoms with E-state index in [0.717, 1.165) is 44.2 Å². The van der Waals surface area contributed by atoms with Crippen molar-refractivity contribution >= 4 is 0 Å². The summed E-state index contributed by atoms with van der Waals surface area (Å²) in [7, 11) is 0. The highest BCUT2D eigenvalue weighted by molar-refractivity contribution is 5.11. The van der Waals surface area contributed by atoms with Crippen molar-refractivity contribution in [2.75, 3.05) is 13.1 Å². The van der Waals surface area contributed by atoms with Gasteiger partial charge < -0.3 is 4.98 Å². The van der Waals surface area contributed by atoms with Gasteiger partial charge >= 0.3 is 6.18 Å². The molecule has 2 aromatic heterocycles. The Balaban J connectivity index is 1.56. The van der Waals surface area contributed by atoms with E-state index >= 15 is 0 Å². The van der Waals surface area contributed by atoms with Gasteiger partial charge in [-0.25, -0.2) is 4.98 Å². The van der Waals surface area contributed by atoms with Crippen molar-refractivity contribution in [3.63, 3.8) is 0 Å². The summed E-state index contributed by atoms with van der Waals surface area (Å²) in [5.41, 5.74) is 0.388. The minimum atomic E-state index is -4.35.